The van der Waals surface area contributed by atoms with Crippen LogP contribution in [0.3, 0.4) is 0 Å². The predicted molar refractivity (Wildman–Crippen MR) is 75.7 cm³/mol. The van der Waals surface area contributed by atoms with Crippen LogP contribution in [0.1, 0.15) is 36.8 Å². The molecule has 0 amide bonds. The molecule has 1 aliphatic heterocycles. The van der Waals surface area contributed by atoms with E-state index in [2.05, 4.69) is 36.1 Å². The molecule has 2 heteroatoms. The van der Waals surface area contributed by atoms with Gasteiger partial charge in [-0.3, -0.25) is 0 Å². The second kappa shape index (κ2) is 5.02. The van der Waals surface area contributed by atoms with Gasteiger partial charge < -0.3 is 10.6 Å². The molecule has 2 nitrogen and oxygen atoms in total. The van der Waals surface area contributed by atoms with Crippen molar-refractivity contribution >= 4 is 0 Å². The van der Waals surface area contributed by atoms with Crippen LogP contribution in [0.25, 0.3) is 0 Å². The molecular weight excluding hydrogens is 220 g/mol. The molecule has 2 aliphatic rings. The van der Waals surface area contributed by atoms with Gasteiger partial charge >= 0.3 is 0 Å². The Bertz CT molecular complexity index is 405. The number of hydrogen-bond donors (Lipinski definition) is 1. The fourth-order valence-electron chi connectivity index (χ4n) is 3.50. The zero-order valence-electron chi connectivity index (χ0n) is 11.3. The molecule has 1 aliphatic carbocycles. The quantitative estimate of drug-likeness (QED) is 0.884. The number of fused-ring (bicyclic) bond motifs is 1. The average molecular weight is 244 g/mol. The van der Waals surface area contributed by atoms with Crippen molar-refractivity contribution in [3.8, 4) is 0 Å². The first-order chi connectivity index (χ1) is 8.74. The Morgan fingerprint density at radius 2 is 2.00 bits per heavy atom. The van der Waals surface area contributed by atoms with Crippen LogP contribution in [0.5, 0.6) is 0 Å². The number of piperidine rings is 1. The van der Waals surface area contributed by atoms with Gasteiger partial charge in [0, 0.05) is 18.5 Å². The Hall–Kier alpha value is -0.860. The van der Waals surface area contributed by atoms with Crippen molar-refractivity contribution in [3.63, 3.8) is 0 Å². The molecule has 1 aromatic rings. The maximum absolute atomic E-state index is 6.00. The molecule has 1 fully saturated rings. The number of nitrogens with zero attached hydrogens (tertiary/aromatic N) is 1. The molecular formula is C16H24N2. The van der Waals surface area contributed by atoms with E-state index in [1.807, 2.05) is 0 Å². The number of hydrogen-bond acceptors (Lipinski definition) is 2. The van der Waals surface area contributed by atoms with Gasteiger partial charge in [-0.05, 0) is 56.3 Å². The normalized spacial score (nSPS) is 26.4. The van der Waals surface area contributed by atoms with Crippen LogP contribution in [0.15, 0.2) is 24.3 Å². The fraction of sp³-hybridized carbons (Fsp3) is 0.625. The summed E-state index contributed by atoms with van der Waals surface area (Å²) < 4.78 is 0. The molecule has 0 aromatic heterocycles. The van der Waals surface area contributed by atoms with E-state index in [0.29, 0.717) is 6.04 Å². The molecule has 0 saturated carbocycles. The summed E-state index contributed by atoms with van der Waals surface area (Å²) in [6, 6.07) is 9.28. The lowest BCUT2D eigenvalue weighted by Gasteiger charge is -2.39. The monoisotopic (exact) mass is 244 g/mol. The van der Waals surface area contributed by atoms with Gasteiger partial charge in [0.25, 0.3) is 0 Å². The first-order valence-corrected chi connectivity index (χ1v) is 7.30. The molecule has 3 rings (SSSR count). The molecule has 18 heavy (non-hydrogen) atoms. The van der Waals surface area contributed by atoms with Crippen LogP contribution < -0.4 is 5.73 Å². The minimum absolute atomic E-state index is 0.372. The van der Waals surface area contributed by atoms with Gasteiger partial charge in [0.15, 0.2) is 0 Å². The summed E-state index contributed by atoms with van der Waals surface area (Å²) in [4.78, 5) is 2.64. The van der Waals surface area contributed by atoms with Gasteiger partial charge in [-0.1, -0.05) is 24.3 Å². The zero-order chi connectivity index (χ0) is 12.5. The fourth-order valence-corrected chi connectivity index (χ4v) is 3.50. The number of rotatable bonds is 3. The van der Waals surface area contributed by atoms with Gasteiger partial charge in [0.05, 0.1) is 0 Å². The summed E-state index contributed by atoms with van der Waals surface area (Å²) in [6.07, 6.45) is 3.85. The van der Waals surface area contributed by atoms with Crippen molar-refractivity contribution in [2.24, 2.45) is 11.7 Å². The summed E-state index contributed by atoms with van der Waals surface area (Å²) in [5.41, 5.74) is 9.15. The third-order valence-corrected chi connectivity index (χ3v) is 4.82. The highest BCUT2D eigenvalue weighted by Gasteiger charge is 2.29. The molecule has 2 unspecified atom stereocenters. The van der Waals surface area contributed by atoms with E-state index >= 15 is 0 Å². The third-order valence-electron chi connectivity index (χ3n) is 4.82. The molecule has 1 heterocycles. The zero-order valence-corrected chi connectivity index (χ0v) is 11.3. The topological polar surface area (TPSA) is 29.3 Å². The molecule has 0 radical (unpaired) electrons. The van der Waals surface area contributed by atoms with E-state index in [1.54, 1.807) is 11.1 Å². The van der Waals surface area contributed by atoms with E-state index in [-0.39, 0.29) is 0 Å². The molecule has 98 valence electrons. The van der Waals surface area contributed by atoms with Crippen molar-refractivity contribution in [1.29, 1.82) is 0 Å². The van der Waals surface area contributed by atoms with Crippen LogP contribution >= 0.6 is 0 Å². The van der Waals surface area contributed by atoms with E-state index in [0.717, 1.165) is 11.8 Å². The van der Waals surface area contributed by atoms with Gasteiger partial charge in [0.1, 0.15) is 0 Å². The molecule has 2 N–H and O–H groups in total. The highest BCUT2D eigenvalue weighted by molar-refractivity contribution is 5.40. The number of nitrogens with two attached hydrogens (primary N) is 1. The largest absolute Gasteiger partial charge is 0.328 e. The second-order valence-electron chi connectivity index (χ2n) is 6.10. The lowest BCUT2D eigenvalue weighted by atomic mass is 9.77. The molecule has 1 aromatic carbocycles. The first kappa shape index (κ1) is 12.2. The molecule has 0 bridgehead atoms. The predicted octanol–water partition coefficient (Wildman–Crippen LogP) is 2.39. The van der Waals surface area contributed by atoms with Gasteiger partial charge in [-0.15, -0.1) is 0 Å². The standard InChI is InChI=1S/C16H24N2/c1-12(17)13-6-8-18(9-7-13)11-15-10-14-4-2-3-5-16(14)15/h2-5,12-13,15H,6-11,17H2,1H3. The summed E-state index contributed by atoms with van der Waals surface area (Å²) in [5, 5.41) is 0. The maximum atomic E-state index is 6.00. The lowest BCUT2D eigenvalue weighted by molar-refractivity contribution is 0.160. The SMILES string of the molecule is CC(N)C1CCN(CC2Cc3ccccc32)CC1. The lowest BCUT2D eigenvalue weighted by Crippen LogP contribution is -2.42. The van der Waals surface area contributed by atoms with E-state index in [9.17, 15) is 0 Å². The summed E-state index contributed by atoms with van der Waals surface area (Å²) >= 11 is 0. The Kier molecular flexibility index (Phi) is 3.40. The van der Waals surface area contributed by atoms with Gasteiger partial charge in [-0.25, -0.2) is 0 Å². The minimum atomic E-state index is 0.372. The Labute approximate surface area is 110 Å². The minimum Gasteiger partial charge on any atom is -0.328 e. The van der Waals surface area contributed by atoms with E-state index < -0.39 is 0 Å². The Morgan fingerprint density at radius 3 is 2.67 bits per heavy atom. The van der Waals surface area contributed by atoms with Crippen LogP contribution in [-0.4, -0.2) is 30.6 Å². The maximum Gasteiger partial charge on any atom is 0.00536 e. The van der Waals surface area contributed by atoms with Crippen molar-refractivity contribution < 1.29 is 0 Å². The van der Waals surface area contributed by atoms with Crippen molar-refractivity contribution in [2.45, 2.75) is 38.1 Å². The Balaban J connectivity index is 1.52. The molecule has 0 spiro atoms. The third kappa shape index (κ3) is 2.32. The van der Waals surface area contributed by atoms with Crippen molar-refractivity contribution in [1.82, 2.24) is 4.90 Å². The first-order valence-electron chi connectivity index (χ1n) is 7.30. The van der Waals surface area contributed by atoms with Crippen molar-refractivity contribution in [2.75, 3.05) is 19.6 Å². The molecule has 1 saturated heterocycles. The average Bonchev–Trinajstić information content (AvgIpc) is 2.36. The van der Waals surface area contributed by atoms with Crippen LogP contribution in [0.2, 0.25) is 0 Å². The Morgan fingerprint density at radius 1 is 1.28 bits per heavy atom. The summed E-state index contributed by atoms with van der Waals surface area (Å²) in [5.74, 6) is 1.53. The van der Waals surface area contributed by atoms with Crippen LogP contribution in [0.4, 0.5) is 0 Å². The van der Waals surface area contributed by atoms with Gasteiger partial charge in [-0.2, -0.15) is 0 Å². The number of benzene rings is 1. The van der Waals surface area contributed by atoms with Crippen LogP contribution in [0, 0.1) is 5.92 Å². The van der Waals surface area contributed by atoms with E-state index in [1.165, 1.54) is 38.9 Å². The highest BCUT2D eigenvalue weighted by Crippen LogP contribution is 2.36. The number of likely N-dealkylation sites (tertiary alicyclic amines) is 1. The smallest absolute Gasteiger partial charge is 0.00536 e. The summed E-state index contributed by atoms with van der Waals surface area (Å²) in [6.45, 7) is 5.89. The summed E-state index contributed by atoms with van der Waals surface area (Å²) in [7, 11) is 0. The van der Waals surface area contributed by atoms with E-state index in [4.69, 9.17) is 5.73 Å². The molecule has 2 atom stereocenters. The second-order valence-corrected chi connectivity index (χ2v) is 6.10. The highest BCUT2D eigenvalue weighted by atomic mass is 15.1. The van der Waals surface area contributed by atoms with Crippen molar-refractivity contribution in [3.05, 3.63) is 35.4 Å². The van der Waals surface area contributed by atoms with Crippen LogP contribution in [-0.2, 0) is 6.42 Å². The van der Waals surface area contributed by atoms with Gasteiger partial charge in [0.2, 0.25) is 0 Å².